The molecule has 1 aromatic carbocycles. The van der Waals surface area contributed by atoms with Crippen molar-refractivity contribution in [2.45, 2.75) is 52.8 Å². The van der Waals surface area contributed by atoms with Crippen LogP contribution in [0, 0.1) is 18.3 Å². The number of nitriles is 1. The Morgan fingerprint density at radius 1 is 1.27 bits per heavy atom. The number of nitrogens with zero attached hydrogens (tertiary/aromatic N) is 4. The largest absolute Gasteiger partial charge is 0.474 e. The second-order valence-corrected chi connectivity index (χ2v) is 9.15. The zero-order chi connectivity index (χ0) is 22.1. The Morgan fingerprint density at radius 3 is 2.50 bits per heavy atom. The average molecular weight is 407 g/mol. The molecule has 2 aromatic rings. The van der Waals surface area contributed by atoms with Gasteiger partial charge in [0.1, 0.15) is 17.4 Å². The van der Waals surface area contributed by atoms with Gasteiger partial charge in [0.2, 0.25) is 0 Å². The molecular formula is C25H34N4O. The van der Waals surface area contributed by atoms with Crippen molar-refractivity contribution in [1.29, 1.82) is 5.26 Å². The van der Waals surface area contributed by atoms with Crippen molar-refractivity contribution >= 4 is 17.0 Å². The van der Waals surface area contributed by atoms with Crippen molar-refractivity contribution < 1.29 is 4.74 Å². The van der Waals surface area contributed by atoms with Crippen LogP contribution in [-0.2, 0) is 11.3 Å². The molecule has 1 aliphatic rings. The first kappa shape index (κ1) is 22.0. The van der Waals surface area contributed by atoms with Gasteiger partial charge in [-0.05, 0) is 64.5 Å². The molecule has 5 heteroatoms. The molecular weight excluding hydrogens is 372 g/mol. The minimum Gasteiger partial charge on any atom is -0.474 e. The lowest BCUT2D eigenvalue weighted by molar-refractivity contribution is -0.0137. The van der Waals surface area contributed by atoms with E-state index >= 15 is 0 Å². The molecule has 1 unspecified atom stereocenters. The lowest BCUT2D eigenvalue weighted by Gasteiger charge is -2.40. The van der Waals surface area contributed by atoms with E-state index in [0.29, 0.717) is 11.7 Å². The van der Waals surface area contributed by atoms with E-state index in [1.54, 1.807) is 0 Å². The summed E-state index contributed by atoms with van der Waals surface area (Å²) in [6, 6.07) is 8.92. The van der Waals surface area contributed by atoms with E-state index in [0.717, 1.165) is 55.1 Å². The molecule has 2 heterocycles. The molecule has 1 aliphatic heterocycles. The molecule has 0 radical (unpaired) electrons. The van der Waals surface area contributed by atoms with Gasteiger partial charge in [-0.3, -0.25) is 4.90 Å². The van der Waals surface area contributed by atoms with Gasteiger partial charge in [-0.15, -0.1) is 0 Å². The summed E-state index contributed by atoms with van der Waals surface area (Å²) in [4.78, 5) is 4.71. The molecule has 0 bridgehead atoms. The second-order valence-electron chi connectivity index (χ2n) is 9.15. The lowest BCUT2D eigenvalue weighted by atomic mass is 10.0. The van der Waals surface area contributed by atoms with Crippen molar-refractivity contribution in [3.05, 3.63) is 54.1 Å². The number of aromatic nitrogens is 1. The first-order valence-corrected chi connectivity index (χ1v) is 10.7. The third-order valence-corrected chi connectivity index (χ3v) is 5.89. The van der Waals surface area contributed by atoms with Gasteiger partial charge in [0.05, 0.1) is 0 Å². The fourth-order valence-corrected chi connectivity index (χ4v) is 4.21. The third-order valence-electron chi connectivity index (χ3n) is 5.89. The van der Waals surface area contributed by atoms with Crippen LogP contribution in [0.1, 0.15) is 44.5 Å². The summed E-state index contributed by atoms with van der Waals surface area (Å²) >= 11 is 0. The number of rotatable bonds is 6. The van der Waals surface area contributed by atoms with Crippen LogP contribution in [0.2, 0.25) is 0 Å². The normalized spacial score (nSPS) is 16.3. The molecule has 3 rings (SSSR count). The number of hydrogen-bond donors (Lipinski definition) is 0. The Hall–Kier alpha value is -2.71. The van der Waals surface area contributed by atoms with Gasteiger partial charge in [-0.2, -0.15) is 5.26 Å². The quantitative estimate of drug-likeness (QED) is 0.649. The SMILES string of the molecule is C=Cc1ccc2c(cc(C#N)n2CC(C)N2CCN(C(=C)OC(C)(C)C)CC2)c1C. The van der Waals surface area contributed by atoms with Gasteiger partial charge >= 0.3 is 0 Å². The van der Waals surface area contributed by atoms with Crippen LogP contribution >= 0.6 is 0 Å². The summed E-state index contributed by atoms with van der Waals surface area (Å²) in [7, 11) is 0. The minimum atomic E-state index is -0.228. The van der Waals surface area contributed by atoms with Gasteiger partial charge in [0.15, 0.2) is 5.88 Å². The van der Waals surface area contributed by atoms with E-state index in [9.17, 15) is 5.26 Å². The topological polar surface area (TPSA) is 44.4 Å². The molecule has 30 heavy (non-hydrogen) atoms. The maximum absolute atomic E-state index is 9.71. The fourth-order valence-electron chi connectivity index (χ4n) is 4.21. The third kappa shape index (κ3) is 4.55. The van der Waals surface area contributed by atoms with Crippen molar-refractivity contribution in [1.82, 2.24) is 14.4 Å². The number of fused-ring (bicyclic) bond motifs is 1. The highest BCUT2D eigenvalue weighted by atomic mass is 16.5. The lowest BCUT2D eigenvalue weighted by Crippen LogP contribution is -2.50. The average Bonchev–Trinajstić information content (AvgIpc) is 3.05. The van der Waals surface area contributed by atoms with E-state index in [-0.39, 0.29) is 5.60 Å². The number of benzene rings is 1. The number of aryl methyl sites for hydroxylation is 1. The zero-order valence-electron chi connectivity index (χ0n) is 19.0. The number of ether oxygens (including phenoxy) is 1. The molecule has 0 saturated carbocycles. The van der Waals surface area contributed by atoms with Gasteiger partial charge in [-0.1, -0.05) is 18.7 Å². The Bertz CT molecular complexity index is 981. The summed E-state index contributed by atoms with van der Waals surface area (Å²) in [6.45, 7) is 23.0. The monoisotopic (exact) mass is 406 g/mol. The summed E-state index contributed by atoms with van der Waals surface area (Å²) < 4.78 is 8.09. The van der Waals surface area contributed by atoms with E-state index in [4.69, 9.17) is 4.74 Å². The summed E-state index contributed by atoms with van der Waals surface area (Å²) in [5, 5.41) is 10.8. The van der Waals surface area contributed by atoms with Crippen molar-refractivity contribution in [2.75, 3.05) is 26.2 Å². The minimum absolute atomic E-state index is 0.228. The van der Waals surface area contributed by atoms with Crippen molar-refractivity contribution in [2.24, 2.45) is 0 Å². The molecule has 1 saturated heterocycles. The first-order valence-electron chi connectivity index (χ1n) is 10.7. The highest BCUT2D eigenvalue weighted by Crippen LogP contribution is 2.27. The van der Waals surface area contributed by atoms with E-state index in [1.807, 2.05) is 32.9 Å². The molecule has 5 nitrogen and oxygen atoms in total. The van der Waals surface area contributed by atoms with Crippen LogP contribution in [0.25, 0.3) is 17.0 Å². The Labute approximate surface area is 180 Å². The van der Waals surface area contributed by atoms with Crippen molar-refractivity contribution in [3.63, 3.8) is 0 Å². The van der Waals surface area contributed by atoms with Gasteiger partial charge in [-0.25, -0.2) is 0 Å². The fraction of sp³-hybridized carbons (Fsp3) is 0.480. The van der Waals surface area contributed by atoms with Crippen LogP contribution in [0.15, 0.2) is 37.2 Å². The molecule has 0 amide bonds. The molecule has 0 aliphatic carbocycles. The van der Waals surface area contributed by atoms with Crippen LogP contribution in [-0.4, -0.2) is 52.2 Å². The summed E-state index contributed by atoms with van der Waals surface area (Å²) in [5.41, 5.74) is 3.90. The highest BCUT2D eigenvalue weighted by molar-refractivity contribution is 5.88. The van der Waals surface area contributed by atoms with Crippen LogP contribution in [0.5, 0.6) is 0 Å². The van der Waals surface area contributed by atoms with E-state index < -0.39 is 0 Å². The Kier molecular flexibility index (Phi) is 6.28. The highest BCUT2D eigenvalue weighted by Gasteiger charge is 2.25. The molecule has 1 fully saturated rings. The summed E-state index contributed by atoms with van der Waals surface area (Å²) in [5.74, 6) is 0.756. The second kappa shape index (κ2) is 8.57. The maximum atomic E-state index is 9.71. The smallest absolute Gasteiger partial charge is 0.182 e. The first-order chi connectivity index (χ1) is 14.1. The van der Waals surface area contributed by atoms with Gasteiger partial charge in [0, 0.05) is 49.7 Å². The van der Waals surface area contributed by atoms with Crippen LogP contribution in [0.3, 0.4) is 0 Å². The van der Waals surface area contributed by atoms with E-state index in [2.05, 4.69) is 59.6 Å². The molecule has 160 valence electrons. The number of hydrogen-bond acceptors (Lipinski definition) is 4. The van der Waals surface area contributed by atoms with E-state index in [1.165, 1.54) is 5.56 Å². The molecule has 1 aromatic heterocycles. The molecule has 0 N–H and O–H groups in total. The van der Waals surface area contributed by atoms with Crippen molar-refractivity contribution in [3.8, 4) is 6.07 Å². The Balaban J connectivity index is 1.71. The predicted molar refractivity (Wildman–Crippen MR) is 124 cm³/mol. The van der Waals surface area contributed by atoms with Crippen LogP contribution in [0.4, 0.5) is 0 Å². The molecule has 1 atom stereocenters. The predicted octanol–water partition coefficient (Wildman–Crippen LogP) is 4.76. The van der Waals surface area contributed by atoms with Gasteiger partial charge in [0.25, 0.3) is 0 Å². The summed E-state index contributed by atoms with van der Waals surface area (Å²) in [6.07, 6.45) is 1.87. The maximum Gasteiger partial charge on any atom is 0.182 e. The van der Waals surface area contributed by atoms with Gasteiger partial charge < -0.3 is 14.2 Å². The number of piperazine rings is 1. The standard InChI is InChI=1S/C25H34N4O/c1-8-21-9-10-24-23(19(21)3)15-22(16-26)29(24)17-18(2)27-11-13-28(14-12-27)20(4)30-25(5,6)7/h8-10,15,18H,1,4,11-14,17H2,2-3,5-7H3. The Morgan fingerprint density at radius 2 is 1.93 bits per heavy atom. The zero-order valence-corrected chi connectivity index (χ0v) is 19.0. The molecule has 0 spiro atoms. The van der Waals surface area contributed by atoms with Crippen LogP contribution < -0.4 is 0 Å².